The number of halogens is 4. The topological polar surface area (TPSA) is 109 Å². The van der Waals surface area contributed by atoms with Gasteiger partial charge in [0, 0.05) is 26.2 Å². The molecule has 9 nitrogen and oxygen atoms in total. The Hall–Kier alpha value is -3.02. The molecular formula is C15H14ClF3N4O5. The van der Waals surface area contributed by atoms with Gasteiger partial charge in [-0.15, -0.1) is 5.10 Å². The molecule has 0 saturated heterocycles. The molecule has 2 rings (SSSR count). The molecule has 0 saturated carbocycles. The molecule has 0 aliphatic carbocycles. The Morgan fingerprint density at radius 2 is 2.07 bits per heavy atom. The molecule has 2 aromatic rings. The fourth-order valence-electron chi connectivity index (χ4n) is 2.21. The average Bonchev–Trinajstić information content (AvgIpc) is 2.87. The maximum Gasteiger partial charge on any atom is 0.434 e. The van der Waals surface area contributed by atoms with Crippen LogP contribution in [0.4, 0.5) is 18.9 Å². The second kappa shape index (κ2) is 7.92. The van der Waals surface area contributed by atoms with Crippen LogP contribution in [0, 0.1) is 10.1 Å². The predicted molar refractivity (Wildman–Crippen MR) is 90.5 cm³/mol. The lowest BCUT2D eigenvalue weighted by atomic mass is 10.2. The minimum absolute atomic E-state index is 0.126. The van der Waals surface area contributed by atoms with Gasteiger partial charge in [0.25, 0.3) is 11.8 Å². The molecule has 152 valence electrons. The van der Waals surface area contributed by atoms with Crippen LogP contribution in [-0.4, -0.2) is 33.8 Å². The number of nitrogens with one attached hydrogen (secondary N) is 1. The Bertz CT molecular complexity index is 916. The van der Waals surface area contributed by atoms with Crippen LogP contribution in [0.2, 0.25) is 5.02 Å². The van der Waals surface area contributed by atoms with Crippen molar-refractivity contribution in [2.45, 2.75) is 19.2 Å². The molecule has 0 aliphatic rings. The first-order valence-corrected chi connectivity index (χ1v) is 7.97. The Morgan fingerprint density at radius 1 is 1.43 bits per heavy atom. The number of hydrogen-bond donors (Lipinski definition) is 1. The van der Waals surface area contributed by atoms with Gasteiger partial charge >= 0.3 is 11.9 Å². The van der Waals surface area contributed by atoms with E-state index in [1.54, 1.807) is 0 Å². The third-order valence-electron chi connectivity index (χ3n) is 3.49. The normalized spacial score (nSPS) is 12.4. The van der Waals surface area contributed by atoms with Crippen molar-refractivity contribution in [3.8, 4) is 17.4 Å². The van der Waals surface area contributed by atoms with Crippen molar-refractivity contribution in [3.05, 3.63) is 39.0 Å². The number of hydrogen-bond acceptors (Lipinski definition) is 6. The zero-order valence-electron chi connectivity index (χ0n) is 14.7. The Labute approximate surface area is 161 Å². The van der Waals surface area contributed by atoms with E-state index in [0.717, 1.165) is 25.2 Å². The summed E-state index contributed by atoms with van der Waals surface area (Å²) in [5, 5.41) is 16.3. The van der Waals surface area contributed by atoms with Crippen LogP contribution in [0.25, 0.3) is 0 Å². The van der Waals surface area contributed by atoms with E-state index in [1.807, 2.05) is 0 Å². The predicted octanol–water partition coefficient (Wildman–Crippen LogP) is 3.31. The molecule has 0 fully saturated rings. The van der Waals surface area contributed by atoms with Crippen LogP contribution in [-0.2, 0) is 18.0 Å². The second-order valence-corrected chi connectivity index (χ2v) is 5.83. The largest absolute Gasteiger partial charge is 0.474 e. The van der Waals surface area contributed by atoms with Crippen LogP contribution in [0.1, 0.15) is 12.6 Å². The van der Waals surface area contributed by atoms with Crippen molar-refractivity contribution in [2.24, 2.45) is 7.05 Å². The Balaban J connectivity index is 2.39. The first-order valence-electron chi connectivity index (χ1n) is 7.60. The second-order valence-electron chi connectivity index (χ2n) is 5.45. The van der Waals surface area contributed by atoms with Gasteiger partial charge in [-0.05, 0) is 13.0 Å². The van der Waals surface area contributed by atoms with E-state index in [-0.39, 0.29) is 11.5 Å². The quantitative estimate of drug-likeness (QED) is 0.565. The van der Waals surface area contributed by atoms with Crippen LogP contribution in [0.3, 0.4) is 0 Å². The number of likely N-dealkylation sites (N-methyl/N-ethyl adjacent to an activating group) is 1. The average molecular weight is 423 g/mol. The SMILES string of the molecule is CNC(=O)[C@@H](C)Oc1cc(Oc2nn(C)c(C(F)(F)F)c2Cl)ccc1[N+](=O)[O-]. The van der Waals surface area contributed by atoms with Gasteiger partial charge in [0.1, 0.15) is 10.8 Å². The van der Waals surface area contributed by atoms with E-state index in [9.17, 15) is 28.1 Å². The highest BCUT2D eigenvalue weighted by atomic mass is 35.5. The molecule has 13 heteroatoms. The summed E-state index contributed by atoms with van der Waals surface area (Å²) in [5.74, 6) is -1.53. The number of rotatable bonds is 6. The van der Waals surface area contributed by atoms with E-state index < -0.39 is 45.4 Å². The van der Waals surface area contributed by atoms with Gasteiger partial charge in [-0.3, -0.25) is 19.6 Å². The highest BCUT2D eigenvalue weighted by Gasteiger charge is 2.39. The van der Waals surface area contributed by atoms with E-state index in [2.05, 4.69) is 10.4 Å². The van der Waals surface area contributed by atoms with Gasteiger partial charge in [0.05, 0.1) is 4.92 Å². The number of nitrogens with zero attached hydrogens (tertiary/aromatic N) is 3. The number of aromatic nitrogens is 2. The third-order valence-corrected chi connectivity index (χ3v) is 3.83. The fourth-order valence-corrected chi connectivity index (χ4v) is 2.51. The minimum atomic E-state index is -4.76. The summed E-state index contributed by atoms with van der Waals surface area (Å²) in [6, 6.07) is 3.20. The van der Waals surface area contributed by atoms with Crippen molar-refractivity contribution in [3.63, 3.8) is 0 Å². The molecule has 28 heavy (non-hydrogen) atoms. The van der Waals surface area contributed by atoms with Gasteiger partial charge in [-0.1, -0.05) is 11.6 Å². The smallest absolute Gasteiger partial charge is 0.434 e. The van der Waals surface area contributed by atoms with Crippen LogP contribution >= 0.6 is 11.6 Å². The summed E-state index contributed by atoms with van der Waals surface area (Å²) in [5.41, 5.74) is -1.68. The minimum Gasteiger partial charge on any atom is -0.474 e. The van der Waals surface area contributed by atoms with Crippen LogP contribution in [0.15, 0.2) is 18.2 Å². The first-order chi connectivity index (χ1) is 13.0. The van der Waals surface area contributed by atoms with E-state index in [0.29, 0.717) is 4.68 Å². The number of benzene rings is 1. The van der Waals surface area contributed by atoms with Crippen molar-refractivity contribution in [1.82, 2.24) is 15.1 Å². The van der Waals surface area contributed by atoms with Gasteiger partial charge in [0.15, 0.2) is 11.8 Å². The van der Waals surface area contributed by atoms with Crippen molar-refractivity contribution in [2.75, 3.05) is 7.05 Å². The Morgan fingerprint density at radius 3 is 2.57 bits per heavy atom. The summed E-state index contributed by atoms with van der Waals surface area (Å²) in [7, 11) is 2.40. The first kappa shape index (κ1) is 21.3. The third kappa shape index (κ3) is 4.44. The number of nitro benzene ring substituents is 1. The number of alkyl halides is 3. The van der Waals surface area contributed by atoms with Crippen LogP contribution < -0.4 is 14.8 Å². The maximum atomic E-state index is 13.0. The molecule has 1 atom stereocenters. The molecular weight excluding hydrogens is 409 g/mol. The molecule has 1 aromatic heterocycles. The zero-order valence-corrected chi connectivity index (χ0v) is 15.5. The number of aryl methyl sites for hydroxylation is 1. The molecule has 0 aliphatic heterocycles. The molecule has 1 amide bonds. The molecule has 1 aromatic carbocycles. The summed E-state index contributed by atoms with van der Waals surface area (Å²) in [4.78, 5) is 22.0. The number of amides is 1. The molecule has 0 bridgehead atoms. The van der Waals surface area contributed by atoms with E-state index >= 15 is 0 Å². The maximum absolute atomic E-state index is 13.0. The highest BCUT2D eigenvalue weighted by Crippen LogP contribution is 2.41. The summed E-state index contributed by atoms with van der Waals surface area (Å²) in [6.45, 7) is 1.36. The van der Waals surface area contributed by atoms with Crippen molar-refractivity contribution in [1.29, 1.82) is 0 Å². The number of ether oxygens (including phenoxy) is 2. The lowest BCUT2D eigenvalue weighted by Crippen LogP contribution is -2.33. The number of nitro groups is 1. The van der Waals surface area contributed by atoms with Gasteiger partial charge in [-0.2, -0.15) is 13.2 Å². The Kier molecular flexibility index (Phi) is 6.02. The van der Waals surface area contributed by atoms with E-state index in [1.165, 1.54) is 14.0 Å². The highest BCUT2D eigenvalue weighted by molar-refractivity contribution is 6.32. The van der Waals surface area contributed by atoms with Crippen molar-refractivity contribution < 1.29 is 32.4 Å². The molecule has 0 radical (unpaired) electrons. The summed E-state index contributed by atoms with van der Waals surface area (Å²) >= 11 is 5.71. The summed E-state index contributed by atoms with van der Waals surface area (Å²) in [6.07, 6.45) is -5.83. The lowest BCUT2D eigenvalue weighted by molar-refractivity contribution is -0.386. The standard InChI is InChI=1S/C15H14ClF3N4O5/c1-7(13(24)20-2)27-10-6-8(4-5-9(10)23(25)26)28-14-11(16)12(15(17,18)19)22(3)21-14/h4-7H,1-3H3,(H,20,24)/t7-/m1/s1. The van der Waals surface area contributed by atoms with E-state index in [4.69, 9.17) is 21.1 Å². The monoisotopic (exact) mass is 422 g/mol. The van der Waals surface area contributed by atoms with Crippen LogP contribution in [0.5, 0.6) is 17.4 Å². The van der Waals surface area contributed by atoms with Gasteiger partial charge in [0.2, 0.25) is 5.75 Å². The fraction of sp³-hybridized carbons (Fsp3) is 0.333. The number of carbonyl (C=O) groups is 1. The molecule has 1 heterocycles. The van der Waals surface area contributed by atoms with Crippen molar-refractivity contribution >= 4 is 23.2 Å². The summed E-state index contributed by atoms with van der Waals surface area (Å²) < 4.78 is 50.0. The molecule has 1 N–H and O–H groups in total. The molecule has 0 unspecified atom stereocenters. The van der Waals surface area contributed by atoms with Gasteiger partial charge < -0.3 is 14.8 Å². The molecule has 0 spiro atoms. The lowest BCUT2D eigenvalue weighted by Gasteiger charge is -2.14. The van der Waals surface area contributed by atoms with Gasteiger partial charge in [-0.25, -0.2) is 0 Å². The zero-order chi connectivity index (χ0) is 21.2. The number of carbonyl (C=O) groups excluding carboxylic acids is 1.